The second-order valence-electron chi connectivity index (χ2n) is 4.41. The lowest BCUT2D eigenvalue weighted by Crippen LogP contribution is -1.99. The van der Waals surface area contributed by atoms with Crippen molar-refractivity contribution in [3.8, 4) is 5.75 Å². The minimum Gasteiger partial charge on any atom is -0.489 e. The zero-order valence-corrected chi connectivity index (χ0v) is 11.2. The van der Waals surface area contributed by atoms with Gasteiger partial charge in [0.1, 0.15) is 12.4 Å². The van der Waals surface area contributed by atoms with Gasteiger partial charge in [0.05, 0.1) is 4.92 Å². The number of hydrogen-bond donors (Lipinski definition) is 0. The van der Waals surface area contributed by atoms with Crippen LogP contribution in [0.4, 0.5) is 10.1 Å². The molecule has 0 aliphatic carbocycles. The molecule has 0 bridgehead atoms. The number of hydrogen-bond acceptors (Lipinski definition) is 4. The van der Waals surface area contributed by atoms with E-state index in [1.54, 1.807) is 24.3 Å². The lowest BCUT2D eigenvalue weighted by Gasteiger charge is -2.07. The molecule has 0 aromatic heterocycles. The van der Waals surface area contributed by atoms with Gasteiger partial charge < -0.3 is 4.74 Å². The molecular formula is C15H12FNO4. The van der Waals surface area contributed by atoms with Crippen LogP contribution in [0.25, 0.3) is 0 Å². The van der Waals surface area contributed by atoms with Crippen LogP contribution in [0.1, 0.15) is 22.8 Å². The Balaban J connectivity index is 2.04. The molecule has 0 aliphatic rings. The number of nitrogens with zero attached hydrogens (tertiary/aromatic N) is 1. The lowest BCUT2D eigenvalue weighted by molar-refractivity contribution is -0.387. The average Bonchev–Trinajstić information content (AvgIpc) is 2.45. The first-order valence-corrected chi connectivity index (χ1v) is 6.14. The standard InChI is InChI=1S/C15H12FNO4/c1-10(18)12-3-5-13(6-4-12)21-9-11-2-7-15(17(19)20)14(16)8-11/h2-8H,9H2,1H3. The van der Waals surface area contributed by atoms with Crippen molar-refractivity contribution in [1.82, 2.24) is 0 Å². The van der Waals surface area contributed by atoms with E-state index in [-0.39, 0.29) is 12.4 Å². The number of nitro benzene ring substituents is 1. The Bertz CT molecular complexity index is 683. The van der Waals surface area contributed by atoms with Crippen LogP contribution in [0.15, 0.2) is 42.5 Å². The molecule has 5 nitrogen and oxygen atoms in total. The number of ketones is 1. The molecule has 0 fully saturated rings. The van der Waals surface area contributed by atoms with Gasteiger partial charge in [0.15, 0.2) is 5.78 Å². The Hall–Kier alpha value is -2.76. The first kappa shape index (κ1) is 14.6. The highest BCUT2D eigenvalue weighted by atomic mass is 19.1. The third-order valence-electron chi connectivity index (χ3n) is 2.88. The van der Waals surface area contributed by atoms with Gasteiger partial charge in [-0.05, 0) is 48.9 Å². The van der Waals surface area contributed by atoms with Crippen LogP contribution in [-0.2, 0) is 6.61 Å². The predicted octanol–water partition coefficient (Wildman–Crippen LogP) is 3.52. The quantitative estimate of drug-likeness (QED) is 0.480. The summed E-state index contributed by atoms with van der Waals surface area (Å²) in [5.41, 5.74) is 0.488. The van der Waals surface area contributed by atoms with Crippen molar-refractivity contribution in [2.45, 2.75) is 13.5 Å². The third kappa shape index (κ3) is 3.62. The molecule has 0 amide bonds. The minimum absolute atomic E-state index is 0.0426. The molecule has 0 radical (unpaired) electrons. The van der Waals surface area contributed by atoms with Crippen LogP contribution in [0.3, 0.4) is 0 Å². The van der Waals surface area contributed by atoms with Crippen LogP contribution in [0, 0.1) is 15.9 Å². The number of carbonyl (C=O) groups excluding carboxylic acids is 1. The zero-order chi connectivity index (χ0) is 15.4. The van der Waals surface area contributed by atoms with E-state index < -0.39 is 16.4 Å². The van der Waals surface area contributed by atoms with Crippen molar-refractivity contribution >= 4 is 11.5 Å². The number of carbonyl (C=O) groups is 1. The van der Waals surface area contributed by atoms with Crippen LogP contribution in [0.2, 0.25) is 0 Å². The van der Waals surface area contributed by atoms with Gasteiger partial charge in [0.25, 0.3) is 0 Å². The van der Waals surface area contributed by atoms with Crippen LogP contribution in [-0.4, -0.2) is 10.7 Å². The van der Waals surface area contributed by atoms with Crippen molar-refractivity contribution in [2.24, 2.45) is 0 Å². The minimum atomic E-state index is -0.895. The second kappa shape index (κ2) is 6.13. The van der Waals surface area contributed by atoms with Gasteiger partial charge in [-0.1, -0.05) is 0 Å². The van der Waals surface area contributed by atoms with Gasteiger partial charge in [-0.2, -0.15) is 4.39 Å². The summed E-state index contributed by atoms with van der Waals surface area (Å²) in [7, 11) is 0. The molecule has 0 spiro atoms. The summed E-state index contributed by atoms with van der Waals surface area (Å²) in [5.74, 6) is -0.411. The summed E-state index contributed by atoms with van der Waals surface area (Å²) >= 11 is 0. The highest BCUT2D eigenvalue weighted by Crippen LogP contribution is 2.20. The number of benzene rings is 2. The van der Waals surface area contributed by atoms with Gasteiger partial charge in [-0.15, -0.1) is 0 Å². The fourth-order valence-electron chi connectivity index (χ4n) is 1.74. The number of halogens is 1. The monoisotopic (exact) mass is 289 g/mol. The Kier molecular flexibility index (Phi) is 4.27. The van der Waals surface area contributed by atoms with Crippen molar-refractivity contribution in [2.75, 3.05) is 0 Å². The fraction of sp³-hybridized carbons (Fsp3) is 0.133. The van der Waals surface area contributed by atoms with Gasteiger partial charge in [-0.3, -0.25) is 14.9 Å². The highest BCUT2D eigenvalue weighted by Gasteiger charge is 2.13. The van der Waals surface area contributed by atoms with Gasteiger partial charge in [-0.25, -0.2) is 0 Å². The first-order valence-electron chi connectivity index (χ1n) is 6.14. The maximum absolute atomic E-state index is 13.4. The summed E-state index contributed by atoms with van der Waals surface area (Å²) in [4.78, 5) is 20.9. The third-order valence-corrected chi connectivity index (χ3v) is 2.88. The number of nitro groups is 1. The van der Waals surface area contributed by atoms with Gasteiger partial charge >= 0.3 is 5.69 Å². The highest BCUT2D eigenvalue weighted by molar-refractivity contribution is 5.94. The van der Waals surface area contributed by atoms with E-state index in [0.717, 1.165) is 12.1 Å². The fourth-order valence-corrected chi connectivity index (χ4v) is 1.74. The largest absolute Gasteiger partial charge is 0.489 e. The van der Waals surface area contributed by atoms with Crippen molar-refractivity contribution in [3.05, 3.63) is 69.5 Å². The predicted molar refractivity (Wildman–Crippen MR) is 73.8 cm³/mol. The van der Waals surface area contributed by atoms with Crippen molar-refractivity contribution in [1.29, 1.82) is 0 Å². The molecule has 0 N–H and O–H groups in total. The molecule has 21 heavy (non-hydrogen) atoms. The lowest BCUT2D eigenvalue weighted by atomic mass is 10.1. The Labute approximate surface area is 120 Å². The number of Topliss-reactive ketones (excluding diaryl/α,β-unsaturated/α-hetero) is 1. The van der Waals surface area contributed by atoms with Crippen molar-refractivity contribution < 1.29 is 18.8 Å². The summed E-state index contributed by atoms with van der Waals surface area (Å²) in [6.07, 6.45) is 0. The molecule has 0 saturated heterocycles. The topological polar surface area (TPSA) is 69.4 Å². The van der Waals surface area contributed by atoms with E-state index in [1.807, 2.05) is 0 Å². The molecule has 108 valence electrons. The maximum Gasteiger partial charge on any atom is 0.304 e. The van der Waals surface area contributed by atoms with Crippen molar-refractivity contribution in [3.63, 3.8) is 0 Å². The zero-order valence-electron chi connectivity index (χ0n) is 11.2. The normalized spacial score (nSPS) is 10.2. The van der Waals surface area contributed by atoms with Gasteiger partial charge in [0.2, 0.25) is 5.82 Å². The summed E-state index contributed by atoms with van der Waals surface area (Å²) < 4.78 is 18.9. The second-order valence-corrected chi connectivity index (χ2v) is 4.41. The van der Waals surface area contributed by atoms with E-state index in [2.05, 4.69) is 0 Å². The molecule has 2 rings (SSSR count). The van der Waals surface area contributed by atoms with Gasteiger partial charge in [0, 0.05) is 11.6 Å². The smallest absolute Gasteiger partial charge is 0.304 e. The molecule has 0 unspecified atom stereocenters. The van der Waals surface area contributed by atoms with E-state index in [0.29, 0.717) is 16.9 Å². The Morgan fingerprint density at radius 3 is 2.43 bits per heavy atom. The van der Waals surface area contributed by atoms with E-state index in [1.165, 1.54) is 13.0 Å². The van der Waals surface area contributed by atoms with Crippen LogP contribution in [0.5, 0.6) is 5.75 Å². The Morgan fingerprint density at radius 2 is 1.90 bits per heavy atom. The number of ether oxygens (including phenoxy) is 1. The van der Waals surface area contributed by atoms with Crippen LogP contribution < -0.4 is 4.74 Å². The summed E-state index contributed by atoms with van der Waals surface area (Å²) in [6, 6.07) is 10.2. The van der Waals surface area contributed by atoms with E-state index >= 15 is 0 Å². The van der Waals surface area contributed by atoms with Crippen LogP contribution >= 0.6 is 0 Å². The molecule has 2 aromatic rings. The SMILES string of the molecule is CC(=O)c1ccc(OCc2ccc([N+](=O)[O-])c(F)c2)cc1. The van der Waals surface area contributed by atoms with E-state index in [9.17, 15) is 19.3 Å². The Morgan fingerprint density at radius 1 is 1.24 bits per heavy atom. The average molecular weight is 289 g/mol. The molecule has 2 aromatic carbocycles. The summed E-state index contributed by atoms with van der Waals surface area (Å²) in [5, 5.41) is 10.5. The first-order chi connectivity index (χ1) is 9.97. The maximum atomic E-state index is 13.4. The molecule has 0 aliphatic heterocycles. The molecule has 0 saturated carbocycles. The number of rotatable bonds is 5. The summed E-state index contributed by atoms with van der Waals surface area (Å²) in [6.45, 7) is 1.55. The molecule has 6 heteroatoms. The van der Waals surface area contributed by atoms with E-state index in [4.69, 9.17) is 4.74 Å². The molecular weight excluding hydrogens is 277 g/mol. The molecule has 0 atom stereocenters. The molecule has 0 heterocycles.